The Morgan fingerprint density at radius 2 is 1.79 bits per heavy atom. The van der Waals surface area contributed by atoms with Gasteiger partial charge in [-0.3, -0.25) is 0 Å². The van der Waals surface area contributed by atoms with E-state index in [0.717, 1.165) is 11.6 Å². The van der Waals surface area contributed by atoms with Gasteiger partial charge in [-0.1, -0.05) is 23.2 Å². The van der Waals surface area contributed by atoms with Gasteiger partial charge in [0.1, 0.15) is 11.6 Å². The third-order valence-electron chi connectivity index (χ3n) is 2.73. The average Bonchev–Trinajstić information content (AvgIpc) is 2.35. The SMILES string of the molecule is CC(Nc1ccc(F)cc1F)c1cc(Cl)ccc1Cl. The molecule has 0 aliphatic heterocycles. The van der Waals surface area contributed by atoms with Gasteiger partial charge in [-0.05, 0) is 42.8 Å². The van der Waals surface area contributed by atoms with Crippen molar-refractivity contribution in [1.29, 1.82) is 0 Å². The molecule has 0 bridgehead atoms. The van der Waals surface area contributed by atoms with Gasteiger partial charge < -0.3 is 5.32 Å². The normalized spacial score (nSPS) is 12.3. The van der Waals surface area contributed by atoms with Gasteiger partial charge in [0, 0.05) is 16.1 Å². The van der Waals surface area contributed by atoms with Crippen LogP contribution in [-0.4, -0.2) is 0 Å². The summed E-state index contributed by atoms with van der Waals surface area (Å²) in [5, 5.41) is 4.02. The van der Waals surface area contributed by atoms with E-state index in [0.29, 0.717) is 10.0 Å². The first kappa shape index (κ1) is 14.1. The Balaban J connectivity index is 2.25. The van der Waals surface area contributed by atoms with Crippen LogP contribution in [-0.2, 0) is 0 Å². The quantitative estimate of drug-likeness (QED) is 0.795. The molecule has 0 spiro atoms. The molecule has 2 aromatic carbocycles. The Morgan fingerprint density at radius 1 is 1.05 bits per heavy atom. The summed E-state index contributed by atoms with van der Waals surface area (Å²) in [5.74, 6) is -1.26. The van der Waals surface area contributed by atoms with Gasteiger partial charge in [0.2, 0.25) is 0 Å². The fourth-order valence-electron chi connectivity index (χ4n) is 1.76. The number of hydrogen-bond donors (Lipinski definition) is 1. The Bertz CT molecular complexity index is 602. The van der Waals surface area contributed by atoms with Crippen LogP contribution in [0.15, 0.2) is 36.4 Å². The molecule has 1 N–H and O–H groups in total. The van der Waals surface area contributed by atoms with E-state index in [-0.39, 0.29) is 11.7 Å². The molecule has 5 heteroatoms. The lowest BCUT2D eigenvalue weighted by Crippen LogP contribution is -2.08. The topological polar surface area (TPSA) is 12.0 Å². The summed E-state index contributed by atoms with van der Waals surface area (Å²) in [4.78, 5) is 0. The summed E-state index contributed by atoms with van der Waals surface area (Å²) in [5.41, 5.74) is 0.961. The van der Waals surface area contributed by atoms with Crippen LogP contribution in [0.3, 0.4) is 0 Å². The standard InChI is InChI=1S/C14H11Cl2F2N/c1-8(11-6-9(15)2-4-12(11)16)19-14-5-3-10(17)7-13(14)18/h2-8,19H,1H3. The molecule has 19 heavy (non-hydrogen) atoms. The van der Waals surface area contributed by atoms with E-state index in [1.165, 1.54) is 12.1 Å². The van der Waals surface area contributed by atoms with E-state index in [1.807, 2.05) is 6.92 Å². The molecule has 1 atom stereocenters. The number of anilines is 1. The summed E-state index contributed by atoms with van der Waals surface area (Å²) in [6, 6.07) is 8.18. The highest BCUT2D eigenvalue weighted by atomic mass is 35.5. The molecule has 0 heterocycles. The third-order valence-corrected chi connectivity index (χ3v) is 3.31. The van der Waals surface area contributed by atoms with Gasteiger partial charge in [0.25, 0.3) is 0 Å². The molecular formula is C14H11Cl2F2N. The minimum absolute atomic E-state index is 0.213. The molecule has 1 nitrogen and oxygen atoms in total. The maximum atomic E-state index is 13.5. The first-order valence-electron chi connectivity index (χ1n) is 5.64. The third kappa shape index (κ3) is 3.37. The van der Waals surface area contributed by atoms with E-state index in [2.05, 4.69) is 5.32 Å². The van der Waals surface area contributed by atoms with Gasteiger partial charge in [-0.15, -0.1) is 0 Å². The Morgan fingerprint density at radius 3 is 2.47 bits per heavy atom. The summed E-state index contributed by atoms with van der Waals surface area (Å²) < 4.78 is 26.4. The van der Waals surface area contributed by atoms with E-state index in [4.69, 9.17) is 23.2 Å². The molecule has 0 aliphatic rings. The van der Waals surface area contributed by atoms with E-state index < -0.39 is 11.6 Å². The maximum absolute atomic E-state index is 13.5. The first-order chi connectivity index (χ1) is 8.97. The predicted octanol–water partition coefficient (Wildman–Crippen LogP) is 5.44. The van der Waals surface area contributed by atoms with Gasteiger partial charge in [0.05, 0.1) is 11.7 Å². The zero-order valence-electron chi connectivity index (χ0n) is 10.1. The second kappa shape index (κ2) is 5.76. The molecule has 0 fully saturated rings. The molecule has 0 amide bonds. The number of nitrogens with one attached hydrogen (secondary N) is 1. The van der Waals surface area contributed by atoms with Crippen molar-refractivity contribution in [2.75, 3.05) is 5.32 Å². The van der Waals surface area contributed by atoms with Crippen molar-refractivity contribution in [3.05, 3.63) is 63.6 Å². The van der Waals surface area contributed by atoms with Crippen LogP contribution < -0.4 is 5.32 Å². The molecule has 1 unspecified atom stereocenters. The molecule has 0 saturated heterocycles. The van der Waals surface area contributed by atoms with Gasteiger partial charge in [-0.2, -0.15) is 0 Å². The highest BCUT2D eigenvalue weighted by Crippen LogP contribution is 2.29. The van der Waals surface area contributed by atoms with Crippen LogP contribution in [0.25, 0.3) is 0 Å². The van der Waals surface area contributed by atoms with Crippen molar-refractivity contribution < 1.29 is 8.78 Å². The number of hydrogen-bond acceptors (Lipinski definition) is 1. The van der Waals surface area contributed by atoms with E-state index in [1.54, 1.807) is 18.2 Å². The van der Waals surface area contributed by atoms with Crippen molar-refractivity contribution in [3.8, 4) is 0 Å². The molecule has 0 saturated carbocycles. The lowest BCUT2D eigenvalue weighted by molar-refractivity contribution is 0.584. The molecule has 0 radical (unpaired) electrons. The van der Waals surface area contributed by atoms with Crippen molar-refractivity contribution in [2.24, 2.45) is 0 Å². The van der Waals surface area contributed by atoms with E-state index in [9.17, 15) is 8.78 Å². The predicted molar refractivity (Wildman–Crippen MR) is 74.9 cm³/mol. The van der Waals surface area contributed by atoms with Crippen LogP contribution >= 0.6 is 23.2 Å². The second-order valence-electron chi connectivity index (χ2n) is 4.16. The first-order valence-corrected chi connectivity index (χ1v) is 6.39. The lowest BCUT2D eigenvalue weighted by atomic mass is 10.1. The van der Waals surface area contributed by atoms with Crippen LogP contribution in [0.2, 0.25) is 10.0 Å². The Kier molecular flexibility index (Phi) is 4.27. The maximum Gasteiger partial charge on any atom is 0.149 e. The van der Waals surface area contributed by atoms with Crippen molar-refractivity contribution in [1.82, 2.24) is 0 Å². The van der Waals surface area contributed by atoms with Gasteiger partial charge >= 0.3 is 0 Å². The number of rotatable bonds is 3. The summed E-state index contributed by atoms with van der Waals surface area (Å²) in [7, 11) is 0. The lowest BCUT2D eigenvalue weighted by Gasteiger charge is -2.17. The highest BCUT2D eigenvalue weighted by Gasteiger charge is 2.12. The van der Waals surface area contributed by atoms with Gasteiger partial charge in [0.15, 0.2) is 0 Å². The largest absolute Gasteiger partial charge is 0.376 e. The Hall–Kier alpha value is -1.32. The summed E-state index contributed by atoms with van der Waals surface area (Å²) in [6.07, 6.45) is 0. The molecule has 0 aliphatic carbocycles. The molecule has 2 rings (SSSR count). The summed E-state index contributed by atoms with van der Waals surface area (Å²) in [6.45, 7) is 1.82. The average molecular weight is 302 g/mol. The van der Waals surface area contributed by atoms with Crippen LogP contribution in [0.1, 0.15) is 18.5 Å². The molecular weight excluding hydrogens is 291 g/mol. The minimum Gasteiger partial charge on any atom is -0.376 e. The zero-order chi connectivity index (χ0) is 14.0. The fourth-order valence-corrected chi connectivity index (χ4v) is 2.23. The second-order valence-corrected chi connectivity index (χ2v) is 5.00. The number of halogens is 4. The molecule has 100 valence electrons. The van der Waals surface area contributed by atoms with Crippen molar-refractivity contribution >= 4 is 28.9 Å². The molecule has 2 aromatic rings. The van der Waals surface area contributed by atoms with Crippen molar-refractivity contribution in [3.63, 3.8) is 0 Å². The Labute approximate surface area is 120 Å². The monoisotopic (exact) mass is 301 g/mol. The number of benzene rings is 2. The highest BCUT2D eigenvalue weighted by molar-refractivity contribution is 6.33. The van der Waals surface area contributed by atoms with Crippen LogP contribution in [0.4, 0.5) is 14.5 Å². The fraction of sp³-hybridized carbons (Fsp3) is 0.143. The van der Waals surface area contributed by atoms with Crippen LogP contribution in [0.5, 0.6) is 0 Å². The molecule has 0 aromatic heterocycles. The minimum atomic E-state index is -0.648. The zero-order valence-corrected chi connectivity index (χ0v) is 11.6. The van der Waals surface area contributed by atoms with Gasteiger partial charge in [-0.25, -0.2) is 8.78 Å². The van der Waals surface area contributed by atoms with E-state index >= 15 is 0 Å². The summed E-state index contributed by atoms with van der Waals surface area (Å²) >= 11 is 12.0. The smallest absolute Gasteiger partial charge is 0.149 e. The van der Waals surface area contributed by atoms with Crippen LogP contribution in [0, 0.1) is 11.6 Å². The van der Waals surface area contributed by atoms with Crippen molar-refractivity contribution in [2.45, 2.75) is 13.0 Å².